The van der Waals surface area contributed by atoms with E-state index in [2.05, 4.69) is 16.5 Å². The van der Waals surface area contributed by atoms with Crippen molar-refractivity contribution in [3.63, 3.8) is 0 Å². The van der Waals surface area contributed by atoms with E-state index in [4.69, 9.17) is 19.4 Å². The van der Waals surface area contributed by atoms with Crippen LogP contribution in [-0.2, 0) is 4.79 Å². The van der Waals surface area contributed by atoms with E-state index in [0.717, 1.165) is 19.4 Å². The molecule has 1 aromatic carbocycles. The Bertz CT molecular complexity index is 1530. The predicted octanol–water partition coefficient (Wildman–Crippen LogP) is 2.72. The van der Waals surface area contributed by atoms with Gasteiger partial charge in [0, 0.05) is 31.2 Å². The molecular weight excluding hydrogens is 529 g/mol. The Morgan fingerprint density at radius 1 is 1.17 bits per heavy atom. The quantitative estimate of drug-likeness (QED) is 0.400. The average molecular weight is 566 g/mol. The molecule has 4 heterocycles. The normalized spacial score (nSPS) is 21.4. The van der Waals surface area contributed by atoms with Gasteiger partial charge in [0.25, 0.3) is 5.56 Å². The van der Waals surface area contributed by atoms with Crippen LogP contribution in [0.15, 0.2) is 35.6 Å². The van der Waals surface area contributed by atoms with Crippen LogP contribution in [0, 0.1) is 12.7 Å². The van der Waals surface area contributed by atoms with Crippen LogP contribution in [0.2, 0.25) is 0 Å². The topological polar surface area (TPSA) is 106 Å². The van der Waals surface area contributed by atoms with Crippen LogP contribution in [0.3, 0.4) is 0 Å². The maximum absolute atomic E-state index is 15.1. The van der Waals surface area contributed by atoms with Gasteiger partial charge >= 0.3 is 6.01 Å². The van der Waals surface area contributed by atoms with E-state index in [1.807, 2.05) is 25.8 Å². The molecule has 2 fully saturated rings. The number of aryl methyl sites for hydroxylation is 1. The first-order valence-corrected chi connectivity index (χ1v) is 13.8. The van der Waals surface area contributed by atoms with Gasteiger partial charge in [-0.1, -0.05) is 12.6 Å². The molecule has 0 aliphatic carbocycles. The maximum atomic E-state index is 15.1. The number of likely N-dealkylation sites (tertiary alicyclic amines) is 1. The molecule has 0 unspecified atom stereocenters. The van der Waals surface area contributed by atoms with Crippen molar-refractivity contribution in [3.05, 3.63) is 52.8 Å². The second-order valence-electron chi connectivity index (χ2n) is 10.8. The summed E-state index contributed by atoms with van der Waals surface area (Å²) in [5.41, 5.74) is -0.320. The molecule has 11 nitrogen and oxygen atoms in total. The fraction of sp³-hybridized carbons (Fsp3) is 0.483. The van der Waals surface area contributed by atoms with E-state index >= 15 is 4.39 Å². The minimum atomic E-state index is -0.629. The average Bonchev–Trinajstić information content (AvgIpc) is 3.36. The molecule has 2 saturated heterocycles. The zero-order valence-electron chi connectivity index (χ0n) is 24.1. The minimum absolute atomic E-state index is 0.00433. The Morgan fingerprint density at radius 2 is 1.90 bits per heavy atom. The number of hydrogen-bond donors (Lipinski definition) is 0. The summed E-state index contributed by atoms with van der Waals surface area (Å²) in [6.07, 6.45) is 3.38. The Kier molecular flexibility index (Phi) is 7.94. The third-order valence-corrected chi connectivity index (χ3v) is 7.97. The SMILES string of the molecule is C=CC(=O)N1C[C@H](C)N(c2nc(OC[C@@H]3CCCN3C)nc3c(=O)n(-c4c(F)cccc4OC)c(C)nc23)[C@@H](C)C1. The summed E-state index contributed by atoms with van der Waals surface area (Å²) in [6.45, 7) is 11.4. The largest absolute Gasteiger partial charge is 0.494 e. The highest BCUT2D eigenvalue weighted by atomic mass is 19.1. The highest BCUT2D eigenvalue weighted by Gasteiger charge is 2.35. The van der Waals surface area contributed by atoms with E-state index in [1.54, 1.807) is 17.9 Å². The third-order valence-electron chi connectivity index (χ3n) is 7.97. The third kappa shape index (κ3) is 5.23. The second-order valence-corrected chi connectivity index (χ2v) is 10.8. The van der Waals surface area contributed by atoms with Crippen LogP contribution in [0.1, 0.15) is 32.5 Å². The molecule has 2 aliphatic heterocycles. The predicted molar refractivity (Wildman–Crippen MR) is 154 cm³/mol. The highest BCUT2D eigenvalue weighted by Crippen LogP contribution is 2.32. The lowest BCUT2D eigenvalue weighted by atomic mass is 10.1. The van der Waals surface area contributed by atoms with Crippen molar-refractivity contribution in [1.29, 1.82) is 0 Å². The molecule has 0 bridgehead atoms. The minimum Gasteiger partial charge on any atom is -0.494 e. The number of piperazine rings is 1. The fourth-order valence-corrected chi connectivity index (χ4v) is 5.93. The number of para-hydroxylation sites is 1. The van der Waals surface area contributed by atoms with Crippen LogP contribution in [-0.4, -0.2) is 93.8 Å². The summed E-state index contributed by atoms with van der Waals surface area (Å²) in [6, 6.07) is 4.29. The Hall–Kier alpha value is -4.06. The summed E-state index contributed by atoms with van der Waals surface area (Å²) < 4.78 is 27.8. The molecule has 0 radical (unpaired) electrons. The van der Waals surface area contributed by atoms with Crippen molar-refractivity contribution < 1.29 is 18.7 Å². The van der Waals surface area contributed by atoms with Gasteiger partial charge in [-0.05, 0) is 65.4 Å². The van der Waals surface area contributed by atoms with Crippen molar-refractivity contribution in [1.82, 2.24) is 29.3 Å². The molecule has 218 valence electrons. The Labute approximate surface area is 238 Å². The maximum Gasteiger partial charge on any atom is 0.319 e. The van der Waals surface area contributed by atoms with Gasteiger partial charge in [-0.15, -0.1) is 0 Å². The number of anilines is 1. The van der Waals surface area contributed by atoms with E-state index in [-0.39, 0.29) is 58.3 Å². The molecule has 3 atom stereocenters. The molecule has 0 saturated carbocycles. The number of aromatic nitrogens is 4. The lowest BCUT2D eigenvalue weighted by Crippen LogP contribution is -2.58. The molecule has 2 aliphatic rings. The summed E-state index contributed by atoms with van der Waals surface area (Å²) in [5, 5.41) is 0. The number of likely N-dealkylation sites (N-methyl/N-ethyl adjacent to an activating group) is 1. The zero-order valence-corrected chi connectivity index (χ0v) is 24.1. The number of halogens is 1. The molecule has 1 amide bonds. The number of methoxy groups -OCH3 is 1. The van der Waals surface area contributed by atoms with Crippen LogP contribution in [0.4, 0.5) is 10.2 Å². The first-order valence-electron chi connectivity index (χ1n) is 13.8. The molecule has 41 heavy (non-hydrogen) atoms. The van der Waals surface area contributed by atoms with Crippen molar-refractivity contribution >= 4 is 22.8 Å². The number of fused-ring (bicyclic) bond motifs is 1. The molecule has 0 N–H and O–H groups in total. The lowest BCUT2D eigenvalue weighted by Gasteiger charge is -2.45. The summed E-state index contributed by atoms with van der Waals surface area (Å²) >= 11 is 0. The van der Waals surface area contributed by atoms with E-state index in [9.17, 15) is 9.59 Å². The van der Waals surface area contributed by atoms with E-state index < -0.39 is 11.4 Å². The molecule has 12 heteroatoms. The Morgan fingerprint density at radius 3 is 2.54 bits per heavy atom. The highest BCUT2D eigenvalue weighted by molar-refractivity contribution is 5.88. The van der Waals surface area contributed by atoms with Gasteiger partial charge in [0.1, 0.15) is 29.4 Å². The summed E-state index contributed by atoms with van der Waals surface area (Å²) in [4.78, 5) is 46.5. The second kappa shape index (κ2) is 11.4. The first kappa shape index (κ1) is 28.5. The van der Waals surface area contributed by atoms with Crippen molar-refractivity contribution in [2.75, 3.05) is 45.3 Å². The van der Waals surface area contributed by atoms with Gasteiger partial charge in [-0.3, -0.25) is 14.2 Å². The molecular formula is C29H36FN7O4. The summed E-state index contributed by atoms with van der Waals surface area (Å²) in [7, 11) is 3.47. The molecule has 2 aromatic heterocycles. The fourth-order valence-electron chi connectivity index (χ4n) is 5.93. The van der Waals surface area contributed by atoms with Gasteiger partial charge in [0.2, 0.25) is 5.91 Å². The van der Waals surface area contributed by atoms with Crippen LogP contribution >= 0.6 is 0 Å². The Balaban J connectivity index is 1.67. The van der Waals surface area contributed by atoms with Gasteiger partial charge in [0.05, 0.1) is 7.11 Å². The number of ether oxygens (including phenoxy) is 2. The number of amides is 1. The van der Waals surface area contributed by atoms with Crippen molar-refractivity contribution in [3.8, 4) is 17.4 Å². The molecule has 5 rings (SSSR count). The number of carbonyl (C=O) groups excluding carboxylic acids is 1. The van der Waals surface area contributed by atoms with E-state index in [1.165, 1.54) is 29.9 Å². The number of benzene rings is 1. The first-order chi connectivity index (χ1) is 19.6. The van der Waals surface area contributed by atoms with Crippen LogP contribution in [0.25, 0.3) is 16.7 Å². The summed E-state index contributed by atoms with van der Waals surface area (Å²) in [5.74, 6) is 0.102. The van der Waals surface area contributed by atoms with Crippen LogP contribution in [0.5, 0.6) is 11.8 Å². The van der Waals surface area contributed by atoms with E-state index in [0.29, 0.717) is 25.5 Å². The van der Waals surface area contributed by atoms with Gasteiger partial charge in [-0.25, -0.2) is 9.37 Å². The molecule has 3 aromatic rings. The lowest BCUT2D eigenvalue weighted by molar-refractivity contribution is -0.127. The van der Waals surface area contributed by atoms with Crippen molar-refractivity contribution in [2.45, 2.75) is 51.7 Å². The standard InChI is InChI=1S/C29H36FN7O4/c1-7-23(38)35-14-17(2)36(18(3)15-35)27-24-25(32-29(33-27)41-16-20-10-9-13-34(20)5)28(39)37(19(4)31-24)26-21(30)11-8-12-22(26)40-6/h7-8,11-12,17-18,20H,1,9-10,13-16H2,2-6H3/t17-,18-,20-/m0/s1. The smallest absolute Gasteiger partial charge is 0.319 e. The number of carbonyl (C=O) groups is 1. The number of hydrogen-bond acceptors (Lipinski definition) is 9. The van der Waals surface area contributed by atoms with Gasteiger partial charge in [0.15, 0.2) is 17.2 Å². The number of rotatable bonds is 7. The zero-order chi connectivity index (χ0) is 29.4. The van der Waals surface area contributed by atoms with Crippen molar-refractivity contribution in [2.24, 2.45) is 0 Å². The monoisotopic (exact) mass is 565 g/mol. The molecule has 0 spiro atoms. The number of nitrogens with zero attached hydrogens (tertiary/aromatic N) is 7. The van der Waals surface area contributed by atoms with Crippen LogP contribution < -0.4 is 19.9 Å². The van der Waals surface area contributed by atoms with Gasteiger partial charge < -0.3 is 24.2 Å². The van der Waals surface area contributed by atoms with Gasteiger partial charge in [-0.2, -0.15) is 9.97 Å².